The zero-order valence-corrected chi connectivity index (χ0v) is 13.4. The molecule has 116 valence electrons. The van der Waals surface area contributed by atoms with E-state index in [0.29, 0.717) is 21.5 Å². The second kappa shape index (κ2) is 6.82. The molecule has 3 nitrogen and oxygen atoms in total. The van der Waals surface area contributed by atoms with Crippen molar-refractivity contribution in [2.75, 3.05) is 0 Å². The first-order valence-electron chi connectivity index (χ1n) is 6.80. The highest BCUT2D eigenvalue weighted by atomic mass is 35.5. The van der Waals surface area contributed by atoms with Crippen molar-refractivity contribution in [2.45, 2.75) is 0 Å². The van der Waals surface area contributed by atoms with Crippen molar-refractivity contribution < 1.29 is 14.6 Å². The molecule has 0 amide bonds. The molecule has 0 bridgehead atoms. The molecule has 23 heavy (non-hydrogen) atoms. The molecule has 0 aliphatic carbocycles. The molecule has 0 aromatic heterocycles. The van der Waals surface area contributed by atoms with Gasteiger partial charge in [0.25, 0.3) is 0 Å². The molecular formula is C18H12Cl2O3. The summed E-state index contributed by atoms with van der Waals surface area (Å²) in [5, 5.41) is 11.4. The third-order valence-corrected chi connectivity index (χ3v) is 3.48. The Hall–Kier alpha value is -2.36. The highest BCUT2D eigenvalue weighted by molar-refractivity contribution is 6.31. The number of phenols is 1. The Kier molecular flexibility index (Phi) is 4.60. The van der Waals surface area contributed by atoms with Crippen LogP contribution in [0.2, 0.25) is 10.0 Å². The molecule has 0 spiro atoms. The number of para-hydroxylation sites is 1. The maximum absolute atomic E-state index is 10.3. The minimum absolute atomic E-state index is 0.104. The summed E-state index contributed by atoms with van der Waals surface area (Å²) in [6.07, 6.45) is 0. The molecular weight excluding hydrogens is 335 g/mol. The van der Waals surface area contributed by atoms with E-state index in [2.05, 4.69) is 0 Å². The van der Waals surface area contributed by atoms with Gasteiger partial charge in [0.1, 0.15) is 11.5 Å². The lowest BCUT2D eigenvalue weighted by Crippen LogP contribution is -1.89. The van der Waals surface area contributed by atoms with Crippen LogP contribution in [0.3, 0.4) is 0 Å². The lowest BCUT2D eigenvalue weighted by molar-refractivity contribution is 0.378. The van der Waals surface area contributed by atoms with Gasteiger partial charge in [-0.1, -0.05) is 41.4 Å². The molecule has 0 aliphatic rings. The summed E-state index contributed by atoms with van der Waals surface area (Å²) >= 11 is 11.8. The molecule has 0 atom stereocenters. The largest absolute Gasteiger partial charge is 0.502 e. The van der Waals surface area contributed by atoms with Gasteiger partial charge < -0.3 is 14.6 Å². The molecule has 3 aromatic carbocycles. The first-order valence-corrected chi connectivity index (χ1v) is 7.56. The number of phenolic OH excluding ortho intramolecular Hbond substituents is 1. The molecule has 3 rings (SSSR count). The number of hydrogen-bond acceptors (Lipinski definition) is 3. The van der Waals surface area contributed by atoms with Gasteiger partial charge in [0.05, 0.1) is 0 Å². The van der Waals surface area contributed by atoms with E-state index in [9.17, 15) is 5.11 Å². The van der Waals surface area contributed by atoms with Crippen LogP contribution in [0.25, 0.3) is 0 Å². The monoisotopic (exact) mass is 346 g/mol. The van der Waals surface area contributed by atoms with E-state index in [4.69, 9.17) is 32.7 Å². The maximum Gasteiger partial charge on any atom is 0.202 e. The second-order valence-electron chi connectivity index (χ2n) is 4.72. The van der Waals surface area contributed by atoms with Crippen LogP contribution >= 0.6 is 23.2 Å². The van der Waals surface area contributed by atoms with Crippen LogP contribution in [-0.4, -0.2) is 5.11 Å². The fraction of sp³-hybridized carbons (Fsp3) is 0. The Morgan fingerprint density at radius 2 is 1.09 bits per heavy atom. The first-order chi connectivity index (χ1) is 11.1. The van der Waals surface area contributed by atoms with Gasteiger partial charge in [-0.3, -0.25) is 0 Å². The molecule has 0 fully saturated rings. The summed E-state index contributed by atoms with van der Waals surface area (Å²) < 4.78 is 11.3. The van der Waals surface area contributed by atoms with Gasteiger partial charge >= 0.3 is 0 Å². The molecule has 0 unspecified atom stereocenters. The first kappa shape index (κ1) is 15.5. The maximum atomic E-state index is 10.3. The standard InChI is InChI=1S/C18H12Cl2O3/c19-12-4-1-6-14(10-12)22-16-8-3-9-17(18(16)21)23-15-7-2-5-13(20)11-15/h1-11,21H. The van der Waals surface area contributed by atoms with Gasteiger partial charge in [0.2, 0.25) is 5.75 Å². The molecule has 1 N–H and O–H groups in total. The number of rotatable bonds is 4. The third-order valence-electron chi connectivity index (χ3n) is 3.01. The lowest BCUT2D eigenvalue weighted by Gasteiger charge is -2.12. The van der Waals surface area contributed by atoms with E-state index in [1.165, 1.54) is 0 Å². The summed E-state index contributed by atoms with van der Waals surface area (Å²) in [5.74, 6) is 1.48. The van der Waals surface area contributed by atoms with E-state index >= 15 is 0 Å². The summed E-state index contributed by atoms with van der Waals surface area (Å²) in [7, 11) is 0. The summed E-state index contributed by atoms with van der Waals surface area (Å²) in [6, 6.07) is 18.8. The smallest absolute Gasteiger partial charge is 0.202 e. The topological polar surface area (TPSA) is 38.7 Å². The highest BCUT2D eigenvalue weighted by Gasteiger charge is 2.11. The van der Waals surface area contributed by atoms with Crippen molar-refractivity contribution >= 4 is 23.2 Å². The van der Waals surface area contributed by atoms with E-state index in [1.54, 1.807) is 66.7 Å². The van der Waals surface area contributed by atoms with Gasteiger partial charge in [-0.2, -0.15) is 0 Å². The van der Waals surface area contributed by atoms with Crippen LogP contribution in [0.5, 0.6) is 28.7 Å². The van der Waals surface area contributed by atoms with Crippen LogP contribution in [0.4, 0.5) is 0 Å². The van der Waals surface area contributed by atoms with Gasteiger partial charge in [-0.05, 0) is 48.5 Å². The van der Waals surface area contributed by atoms with Crippen molar-refractivity contribution in [1.82, 2.24) is 0 Å². The average molecular weight is 347 g/mol. The van der Waals surface area contributed by atoms with Gasteiger partial charge in [0.15, 0.2) is 11.5 Å². The summed E-state index contributed by atoms with van der Waals surface area (Å²) in [4.78, 5) is 0. The zero-order valence-electron chi connectivity index (χ0n) is 11.9. The van der Waals surface area contributed by atoms with Crippen LogP contribution in [-0.2, 0) is 0 Å². The van der Waals surface area contributed by atoms with Crippen molar-refractivity contribution in [3.63, 3.8) is 0 Å². The Bertz CT molecular complexity index is 768. The number of hydrogen-bond donors (Lipinski definition) is 1. The fourth-order valence-electron chi connectivity index (χ4n) is 1.98. The predicted molar refractivity (Wildman–Crippen MR) is 91.2 cm³/mol. The molecule has 0 saturated heterocycles. The molecule has 0 aliphatic heterocycles. The number of aromatic hydroxyl groups is 1. The summed E-state index contributed by atoms with van der Waals surface area (Å²) in [6.45, 7) is 0. The Balaban J connectivity index is 1.86. The highest BCUT2D eigenvalue weighted by Crippen LogP contribution is 2.40. The van der Waals surface area contributed by atoms with Gasteiger partial charge in [-0.25, -0.2) is 0 Å². The van der Waals surface area contributed by atoms with Crippen LogP contribution < -0.4 is 9.47 Å². The van der Waals surface area contributed by atoms with Crippen LogP contribution in [0.15, 0.2) is 66.7 Å². The molecule has 0 heterocycles. The Morgan fingerprint density at radius 1 is 0.652 bits per heavy atom. The minimum atomic E-state index is -0.104. The molecule has 0 radical (unpaired) electrons. The Morgan fingerprint density at radius 3 is 1.52 bits per heavy atom. The second-order valence-corrected chi connectivity index (χ2v) is 5.59. The zero-order chi connectivity index (χ0) is 16.2. The van der Waals surface area contributed by atoms with Crippen molar-refractivity contribution in [3.8, 4) is 28.7 Å². The van der Waals surface area contributed by atoms with Gasteiger partial charge in [0, 0.05) is 10.0 Å². The third kappa shape index (κ3) is 3.89. The summed E-state index contributed by atoms with van der Waals surface area (Å²) in [5.41, 5.74) is 0. The van der Waals surface area contributed by atoms with Crippen molar-refractivity contribution in [3.05, 3.63) is 76.8 Å². The fourth-order valence-corrected chi connectivity index (χ4v) is 2.34. The van der Waals surface area contributed by atoms with Gasteiger partial charge in [-0.15, -0.1) is 0 Å². The van der Waals surface area contributed by atoms with Crippen LogP contribution in [0.1, 0.15) is 0 Å². The van der Waals surface area contributed by atoms with E-state index in [-0.39, 0.29) is 17.2 Å². The molecule has 5 heteroatoms. The van der Waals surface area contributed by atoms with Crippen molar-refractivity contribution in [2.24, 2.45) is 0 Å². The average Bonchev–Trinajstić information content (AvgIpc) is 2.51. The van der Waals surface area contributed by atoms with Crippen LogP contribution in [0, 0.1) is 0 Å². The molecule has 0 saturated carbocycles. The van der Waals surface area contributed by atoms with E-state index in [0.717, 1.165) is 0 Å². The number of benzene rings is 3. The van der Waals surface area contributed by atoms with E-state index < -0.39 is 0 Å². The quantitative estimate of drug-likeness (QED) is 0.603. The number of halogens is 2. The predicted octanol–water partition coefficient (Wildman–Crippen LogP) is 6.28. The normalized spacial score (nSPS) is 10.3. The van der Waals surface area contributed by atoms with Crippen molar-refractivity contribution in [1.29, 1.82) is 0 Å². The minimum Gasteiger partial charge on any atom is -0.502 e. The number of ether oxygens (including phenoxy) is 2. The lowest BCUT2D eigenvalue weighted by atomic mass is 10.3. The van der Waals surface area contributed by atoms with E-state index in [1.807, 2.05) is 0 Å². The Labute approximate surface area is 143 Å². The SMILES string of the molecule is Oc1c(Oc2cccc(Cl)c2)cccc1Oc1cccc(Cl)c1. The molecule has 3 aromatic rings.